The Morgan fingerprint density at radius 2 is 1.42 bits per heavy atom. The zero-order chi connectivity index (χ0) is 24.6. The van der Waals surface area contributed by atoms with Crippen molar-refractivity contribution in [2.24, 2.45) is 0 Å². The summed E-state index contributed by atoms with van der Waals surface area (Å²) in [5.74, 6) is 0. The zero-order valence-electron chi connectivity index (χ0n) is 20.8. The van der Waals surface area contributed by atoms with Gasteiger partial charge in [0.2, 0.25) is 8.07 Å². The van der Waals surface area contributed by atoms with Gasteiger partial charge in [0, 0.05) is 33.5 Å². The first-order valence-electron chi connectivity index (χ1n) is 12.7. The van der Waals surface area contributed by atoms with Gasteiger partial charge in [-0.3, -0.25) is 15.1 Å². The van der Waals surface area contributed by atoms with E-state index in [1.54, 1.807) is 0 Å². The van der Waals surface area contributed by atoms with E-state index in [2.05, 4.69) is 110 Å². The maximum Gasteiger partial charge on any atom is 0.223 e. The summed E-state index contributed by atoms with van der Waals surface area (Å²) in [6.07, 6.45) is 5.29. The van der Waals surface area contributed by atoms with Gasteiger partial charge in [0.25, 0.3) is 0 Å². The number of benzene rings is 2. The van der Waals surface area contributed by atoms with Gasteiger partial charge in [-0.2, -0.15) is 5.10 Å². The van der Waals surface area contributed by atoms with E-state index in [9.17, 15) is 0 Å². The van der Waals surface area contributed by atoms with Crippen LogP contribution < -0.4 is 21.0 Å². The third-order valence-electron chi connectivity index (χ3n) is 7.61. The highest BCUT2D eigenvalue weighted by Gasteiger charge is 2.44. The van der Waals surface area contributed by atoms with Gasteiger partial charge in [-0.1, -0.05) is 86.6 Å². The lowest BCUT2D eigenvalue weighted by molar-refractivity contribution is 0.420. The van der Waals surface area contributed by atoms with Crippen molar-refractivity contribution in [1.29, 1.82) is 0 Å². The summed E-state index contributed by atoms with van der Waals surface area (Å²) < 4.78 is 0. The molecule has 36 heavy (non-hydrogen) atoms. The fourth-order valence-electron chi connectivity index (χ4n) is 5.84. The van der Waals surface area contributed by atoms with Crippen molar-refractivity contribution in [1.82, 2.24) is 20.2 Å². The zero-order valence-corrected chi connectivity index (χ0v) is 21.8. The van der Waals surface area contributed by atoms with E-state index in [1.165, 1.54) is 34.5 Å². The van der Waals surface area contributed by atoms with E-state index in [-0.39, 0.29) is 5.41 Å². The third kappa shape index (κ3) is 3.62. The number of fused-ring (bicyclic) bond motifs is 1. The summed E-state index contributed by atoms with van der Waals surface area (Å²) in [6, 6.07) is 34.3. The minimum Gasteiger partial charge on any atom is -0.281 e. The summed E-state index contributed by atoms with van der Waals surface area (Å²) in [5, 5.41) is 12.9. The van der Waals surface area contributed by atoms with Crippen molar-refractivity contribution in [3.63, 3.8) is 0 Å². The normalized spacial score (nSPS) is 14.8. The molecule has 4 nitrogen and oxygen atoms in total. The molecular weight excluding hydrogens is 456 g/mol. The molecule has 5 aromatic rings. The number of aromatic amines is 1. The van der Waals surface area contributed by atoms with Crippen LogP contribution in [0.3, 0.4) is 0 Å². The van der Waals surface area contributed by atoms with Gasteiger partial charge < -0.3 is 0 Å². The van der Waals surface area contributed by atoms with Crippen LogP contribution in [0.25, 0.3) is 11.4 Å². The largest absolute Gasteiger partial charge is 0.281 e. The molecule has 0 saturated carbocycles. The van der Waals surface area contributed by atoms with E-state index < -0.39 is 8.07 Å². The van der Waals surface area contributed by atoms with Crippen LogP contribution in [0.4, 0.5) is 0 Å². The molecule has 0 atom stereocenters. The molecule has 0 saturated heterocycles. The van der Waals surface area contributed by atoms with Crippen LogP contribution in [-0.4, -0.2) is 28.2 Å². The van der Waals surface area contributed by atoms with Crippen molar-refractivity contribution in [3.05, 3.63) is 115 Å². The third-order valence-corrected chi connectivity index (χ3v) is 12.1. The van der Waals surface area contributed by atoms with Gasteiger partial charge in [-0.25, -0.2) is 0 Å². The van der Waals surface area contributed by atoms with Crippen LogP contribution in [0, 0.1) is 0 Å². The Labute approximate surface area is 213 Å². The molecule has 0 amide bonds. The number of hydrogen-bond donors (Lipinski definition) is 1. The lowest BCUT2D eigenvalue weighted by Crippen LogP contribution is -2.76. The number of rotatable bonds is 5. The molecule has 0 bridgehead atoms. The molecule has 5 heteroatoms. The maximum atomic E-state index is 5.41. The fourth-order valence-corrected chi connectivity index (χ4v) is 10.3. The molecule has 1 aliphatic rings. The number of nitrogens with one attached hydrogen (secondary N) is 1. The van der Waals surface area contributed by atoms with Crippen molar-refractivity contribution >= 4 is 29.1 Å². The standard InChI is InChI=1S/C31H30N4Si/c1-31(2)21-12-17-25-29(34-35-30(25)31)26-18-11-20-28(33-26)36(23-13-5-3-6-14-23,24-15-7-4-8-16-24)27-19-9-10-22-32-27/h3-11,13-16,18-20,22H,12,17,21H2,1-2H3,(H,34,35). The highest BCUT2D eigenvalue weighted by molar-refractivity contribution is 7.19. The Morgan fingerprint density at radius 3 is 2.08 bits per heavy atom. The van der Waals surface area contributed by atoms with Gasteiger partial charge >= 0.3 is 0 Å². The molecule has 0 fully saturated rings. The molecule has 1 N–H and O–H groups in total. The first-order chi connectivity index (χ1) is 17.6. The molecule has 0 spiro atoms. The first-order valence-corrected chi connectivity index (χ1v) is 14.7. The monoisotopic (exact) mass is 486 g/mol. The summed E-state index contributed by atoms with van der Waals surface area (Å²) in [5.41, 5.74) is 4.61. The van der Waals surface area contributed by atoms with Crippen molar-refractivity contribution in [2.45, 2.75) is 38.5 Å². The Morgan fingerprint density at radius 1 is 0.750 bits per heavy atom. The molecule has 2 aromatic carbocycles. The Bertz CT molecular complexity index is 1380. The smallest absolute Gasteiger partial charge is 0.223 e. The van der Waals surface area contributed by atoms with Crippen molar-refractivity contribution in [2.75, 3.05) is 0 Å². The minimum atomic E-state index is -2.77. The van der Waals surface area contributed by atoms with Gasteiger partial charge in [0.15, 0.2) is 0 Å². The van der Waals surface area contributed by atoms with Gasteiger partial charge in [0.1, 0.15) is 5.69 Å². The number of aromatic nitrogens is 4. The first kappa shape index (κ1) is 22.6. The molecule has 3 heterocycles. The quantitative estimate of drug-likeness (QED) is 0.384. The number of pyridine rings is 2. The summed E-state index contributed by atoms with van der Waals surface area (Å²) in [4.78, 5) is 10.4. The lowest BCUT2D eigenvalue weighted by Gasteiger charge is -2.32. The number of H-pyrrole nitrogens is 1. The molecule has 0 radical (unpaired) electrons. The van der Waals surface area contributed by atoms with Crippen molar-refractivity contribution in [3.8, 4) is 11.4 Å². The lowest BCUT2D eigenvalue weighted by atomic mass is 9.76. The van der Waals surface area contributed by atoms with Crippen LogP contribution >= 0.6 is 0 Å². The van der Waals surface area contributed by atoms with Gasteiger partial charge in [0.05, 0.1) is 5.69 Å². The van der Waals surface area contributed by atoms with E-state index in [0.29, 0.717) is 0 Å². The second kappa shape index (κ2) is 8.99. The molecule has 0 aliphatic heterocycles. The molecule has 0 unspecified atom stereocenters. The van der Waals surface area contributed by atoms with Crippen LogP contribution in [-0.2, 0) is 11.8 Å². The summed E-state index contributed by atoms with van der Waals surface area (Å²) in [7, 11) is -2.77. The maximum absolute atomic E-state index is 5.41. The molecule has 6 rings (SSSR count). The van der Waals surface area contributed by atoms with E-state index >= 15 is 0 Å². The average Bonchev–Trinajstić information content (AvgIpc) is 3.37. The second-order valence-corrected chi connectivity index (χ2v) is 13.9. The SMILES string of the molecule is CC1(C)CCCc2c(-c3cccc([Si](c4ccccc4)(c4ccccc4)c4ccccn4)n3)n[nH]c21. The van der Waals surface area contributed by atoms with E-state index in [4.69, 9.17) is 15.1 Å². The minimum absolute atomic E-state index is 0.108. The summed E-state index contributed by atoms with van der Waals surface area (Å²) in [6.45, 7) is 4.61. The second-order valence-electron chi connectivity index (χ2n) is 10.3. The Balaban J connectivity index is 1.62. The van der Waals surface area contributed by atoms with Gasteiger partial charge in [-0.05, 0) is 53.9 Å². The van der Waals surface area contributed by atoms with Crippen LogP contribution in [0.1, 0.15) is 37.9 Å². The molecular formula is C31H30N4Si. The average molecular weight is 487 g/mol. The fraction of sp³-hybridized carbons (Fsp3) is 0.194. The van der Waals surface area contributed by atoms with E-state index in [0.717, 1.165) is 28.4 Å². The van der Waals surface area contributed by atoms with Crippen LogP contribution in [0.15, 0.2) is 103 Å². The Hall–Kier alpha value is -3.83. The van der Waals surface area contributed by atoms with Crippen LogP contribution in [0.5, 0.6) is 0 Å². The Kier molecular flexibility index (Phi) is 5.65. The highest BCUT2D eigenvalue weighted by Crippen LogP contribution is 2.38. The number of nitrogens with zero attached hydrogens (tertiary/aromatic N) is 3. The predicted octanol–water partition coefficient (Wildman–Crippen LogP) is 3.86. The van der Waals surface area contributed by atoms with Gasteiger partial charge in [-0.15, -0.1) is 0 Å². The van der Waals surface area contributed by atoms with Crippen molar-refractivity contribution < 1.29 is 0 Å². The number of hydrogen-bond acceptors (Lipinski definition) is 3. The molecule has 178 valence electrons. The van der Waals surface area contributed by atoms with E-state index in [1.807, 2.05) is 12.3 Å². The summed E-state index contributed by atoms with van der Waals surface area (Å²) >= 11 is 0. The molecule has 3 aromatic heterocycles. The van der Waals surface area contributed by atoms with Crippen LogP contribution in [0.2, 0.25) is 0 Å². The topological polar surface area (TPSA) is 54.5 Å². The highest BCUT2D eigenvalue weighted by atomic mass is 28.3. The predicted molar refractivity (Wildman–Crippen MR) is 149 cm³/mol. The molecule has 1 aliphatic carbocycles.